The van der Waals surface area contributed by atoms with E-state index in [0.29, 0.717) is 29.2 Å². The van der Waals surface area contributed by atoms with Gasteiger partial charge in [0.05, 0.1) is 6.54 Å². The summed E-state index contributed by atoms with van der Waals surface area (Å²) in [6.45, 7) is 0.689. The maximum absolute atomic E-state index is 13.2. The van der Waals surface area contributed by atoms with Crippen molar-refractivity contribution in [2.45, 2.75) is 6.54 Å². The van der Waals surface area contributed by atoms with Crippen LogP contribution in [-0.2, 0) is 6.54 Å². The molecule has 3 amide bonds. The lowest BCUT2D eigenvalue weighted by molar-refractivity contribution is 0.102. The molecule has 4 aromatic carbocycles. The molecule has 0 spiro atoms. The van der Waals surface area contributed by atoms with Crippen LogP contribution in [0.15, 0.2) is 122 Å². The number of aromatic nitrogens is 2. The summed E-state index contributed by atoms with van der Waals surface area (Å²) in [5.74, 6) is -0.209. The molecule has 3 N–H and O–H groups in total. The number of anilines is 3. The first-order chi connectivity index (χ1) is 18.1. The van der Waals surface area contributed by atoms with Gasteiger partial charge in [0, 0.05) is 35.0 Å². The molecule has 37 heavy (non-hydrogen) atoms. The van der Waals surface area contributed by atoms with Gasteiger partial charge in [0.25, 0.3) is 5.91 Å². The maximum atomic E-state index is 13.2. The van der Waals surface area contributed by atoms with Crippen LogP contribution in [0.5, 0.6) is 0 Å². The third kappa shape index (κ3) is 6.10. The quantitative estimate of drug-likeness (QED) is 0.245. The molecule has 182 valence electrons. The Morgan fingerprint density at radius 1 is 0.649 bits per heavy atom. The number of hydrogen-bond acceptors (Lipinski definition) is 3. The monoisotopic (exact) mass is 487 g/mol. The Bertz CT molecular complexity index is 1480. The summed E-state index contributed by atoms with van der Waals surface area (Å²) < 4.78 is 1.87. The molecule has 7 nitrogen and oxygen atoms in total. The SMILES string of the molecule is O=C(Nc1ccccc1)Nc1ccc(NC(=O)c2ccccc2-c2ccc(Cn3cccn3)cc2)cc1. The molecule has 0 atom stereocenters. The Morgan fingerprint density at radius 2 is 1.27 bits per heavy atom. The van der Waals surface area contributed by atoms with Crippen LogP contribution in [0, 0.1) is 0 Å². The van der Waals surface area contributed by atoms with Gasteiger partial charge in [0.1, 0.15) is 0 Å². The first-order valence-electron chi connectivity index (χ1n) is 11.8. The van der Waals surface area contributed by atoms with E-state index in [4.69, 9.17) is 0 Å². The summed E-state index contributed by atoms with van der Waals surface area (Å²) in [5, 5.41) is 12.8. The second kappa shape index (κ2) is 11.0. The lowest BCUT2D eigenvalue weighted by Crippen LogP contribution is -2.19. The van der Waals surface area contributed by atoms with E-state index in [-0.39, 0.29) is 11.9 Å². The van der Waals surface area contributed by atoms with Crippen molar-refractivity contribution in [1.29, 1.82) is 0 Å². The normalized spacial score (nSPS) is 10.5. The van der Waals surface area contributed by atoms with Gasteiger partial charge >= 0.3 is 6.03 Å². The number of para-hydroxylation sites is 1. The smallest absolute Gasteiger partial charge is 0.322 e. The zero-order valence-electron chi connectivity index (χ0n) is 20.0. The standard InChI is InChI=1S/C30H25N5O2/c36-29(32-25-15-17-26(18-16-25)34-30(37)33-24-7-2-1-3-8-24)28-10-5-4-9-27(28)23-13-11-22(12-14-23)21-35-20-6-19-31-35/h1-20H,21H2,(H,32,36)(H2,33,34,37). The zero-order valence-corrected chi connectivity index (χ0v) is 20.0. The molecule has 5 aromatic rings. The zero-order chi connectivity index (χ0) is 25.5. The van der Waals surface area contributed by atoms with E-state index in [1.54, 1.807) is 30.5 Å². The Hall–Kier alpha value is -5.17. The Morgan fingerprint density at radius 3 is 1.95 bits per heavy atom. The van der Waals surface area contributed by atoms with Gasteiger partial charge in [-0.3, -0.25) is 9.48 Å². The van der Waals surface area contributed by atoms with E-state index >= 15 is 0 Å². The maximum Gasteiger partial charge on any atom is 0.323 e. The van der Waals surface area contributed by atoms with E-state index in [9.17, 15) is 9.59 Å². The van der Waals surface area contributed by atoms with Crippen LogP contribution in [0.3, 0.4) is 0 Å². The van der Waals surface area contributed by atoms with Gasteiger partial charge in [-0.25, -0.2) is 4.79 Å². The predicted molar refractivity (Wildman–Crippen MR) is 147 cm³/mol. The minimum Gasteiger partial charge on any atom is -0.322 e. The van der Waals surface area contributed by atoms with Crippen LogP contribution in [0.1, 0.15) is 15.9 Å². The van der Waals surface area contributed by atoms with E-state index in [1.165, 1.54) is 0 Å². The molecule has 0 bridgehead atoms. The van der Waals surface area contributed by atoms with E-state index in [1.807, 2.05) is 95.8 Å². The van der Waals surface area contributed by atoms with Crippen LogP contribution in [0.4, 0.5) is 21.9 Å². The highest BCUT2D eigenvalue weighted by molar-refractivity contribution is 6.09. The molecule has 5 rings (SSSR count). The molecule has 1 aromatic heterocycles. The molecular formula is C30H25N5O2. The summed E-state index contributed by atoms with van der Waals surface area (Å²) in [6, 6.07) is 33.4. The molecule has 0 saturated carbocycles. The van der Waals surface area contributed by atoms with Crippen molar-refractivity contribution in [3.05, 3.63) is 133 Å². The molecular weight excluding hydrogens is 462 g/mol. The first kappa shape index (κ1) is 23.6. The highest BCUT2D eigenvalue weighted by atomic mass is 16.2. The molecule has 0 aliphatic rings. The largest absolute Gasteiger partial charge is 0.323 e. The summed E-state index contributed by atoms with van der Waals surface area (Å²) in [5.41, 5.74) is 5.45. The number of carbonyl (C=O) groups is 2. The second-order valence-electron chi connectivity index (χ2n) is 8.42. The van der Waals surface area contributed by atoms with Crippen LogP contribution in [0.2, 0.25) is 0 Å². The first-order valence-corrected chi connectivity index (χ1v) is 11.8. The van der Waals surface area contributed by atoms with E-state index in [2.05, 4.69) is 21.0 Å². The summed E-state index contributed by atoms with van der Waals surface area (Å²) >= 11 is 0. The average molecular weight is 488 g/mol. The Balaban J connectivity index is 1.23. The number of nitrogens with zero attached hydrogens (tertiary/aromatic N) is 2. The molecule has 0 saturated heterocycles. The van der Waals surface area contributed by atoms with Crippen molar-refractivity contribution in [3.8, 4) is 11.1 Å². The minimum absolute atomic E-state index is 0.209. The van der Waals surface area contributed by atoms with Crippen LogP contribution >= 0.6 is 0 Å². The molecule has 0 aliphatic heterocycles. The number of benzene rings is 4. The Kier molecular flexibility index (Phi) is 7.04. The predicted octanol–water partition coefficient (Wildman–Crippen LogP) is 6.49. The van der Waals surface area contributed by atoms with Crippen molar-refractivity contribution in [2.75, 3.05) is 16.0 Å². The van der Waals surface area contributed by atoms with Gasteiger partial charge in [0.2, 0.25) is 0 Å². The van der Waals surface area contributed by atoms with Crippen LogP contribution < -0.4 is 16.0 Å². The van der Waals surface area contributed by atoms with Gasteiger partial charge in [0.15, 0.2) is 0 Å². The summed E-state index contributed by atoms with van der Waals surface area (Å²) in [6.07, 6.45) is 3.69. The Labute approximate surface area is 214 Å². The second-order valence-corrected chi connectivity index (χ2v) is 8.42. The summed E-state index contributed by atoms with van der Waals surface area (Å²) in [4.78, 5) is 25.4. The minimum atomic E-state index is -0.340. The number of nitrogens with one attached hydrogen (secondary N) is 3. The summed E-state index contributed by atoms with van der Waals surface area (Å²) in [7, 11) is 0. The van der Waals surface area contributed by atoms with Crippen molar-refractivity contribution in [2.24, 2.45) is 0 Å². The third-order valence-corrected chi connectivity index (χ3v) is 5.77. The van der Waals surface area contributed by atoms with Crippen molar-refractivity contribution in [1.82, 2.24) is 9.78 Å². The van der Waals surface area contributed by atoms with Crippen LogP contribution in [0.25, 0.3) is 11.1 Å². The number of carbonyl (C=O) groups excluding carboxylic acids is 2. The van der Waals surface area contributed by atoms with Gasteiger partial charge in [-0.2, -0.15) is 5.10 Å². The van der Waals surface area contributed by atoms with Crippen molar-refractivity contribution < 1.29 is 9.59 Å². The highest BCUT2D eigenvalue weighted by Gasteiger charge is 2.13. The van der Waals surface area contributed by atoms with E-state index < -0.39 is 0 Å². The van der Waals surface area contributed by atoms with Gasteiger partial charge in [-0.05, 0) is 65.2 Å². The van der Waals surface area contributed by atoms with Crippen LogP contribution in [-0.4, -0.2) is 21.7 Å². The molecule has 0 unspecified atom stereocenters. The van der Waals surface area contributed by atoms with Crippen molar-refractivity contribution in [3.63, 3.8) is 0 Å². The molecule has 7 heteroatoms. The fourth-order valence-electron chi connectivity index (χ4n) is 3.95. The highest BCUT2D eigenvalue weighted by Crippen LogP contribution is 2.25. The lowest BCUT2D eigenvalue weighted by atomic mass is 9.98. The fourth-order valence-corrected chi connectivity index (χ4v) is 3.95. The average Bonchev–Trinajstić information content (AvgIpc) is 3.44. The fraction of sp³-hybridized carbons (Fsp3) is 0.0333. The number of amides is 3. The molecule has 0 fully saturated rings. The van der Waals surface area contributed by atoms with Gasteiger partial charge < -0.3 is 16.0 Å². The number of urea groups is 1. The van der Waals surface area contributed by atoms with E-state index in [0.717, 1.165) is 16.7 Å². The lowest BCUT2D eigenvalue weighted by Gasteiger charge is -2.12. The molecule has 0 aliphatic carbocycles. The van der Waals surface area contributed by atoms with Gasteiger partial charge in [-0.15, -0.1) is 0 Å². The molecule has 0 radical (unpaired) electrons. The number of hydrogen-bond donors (Lipinski definition) is 3. The number of rotatable bonds is 7. The molecule has 1 heterocycles. The topological polar surface area (TPSA) is 88.0 Å². The van der Waals surface area contributed by atoms with Crippen molar-refractivity contribution >= 4 is 29.0 Å². The third-order valence-electron chi connectivity index (χ3n) is 5.77. The van der Waals surface area contributed by atoms with Gasteiger partial charge in [-0.1, -0.05) is 60.7 Å².